The van der Waals surface area contributed by atoms with Crippen molar-refractivity contribution in [3.8, 4) is 5.88 Å². The summed E-state index contributed by atoms with van der Waals surface area (Å²) >= 11 is 2.99. The molecule has 2 heterocycles. The number of nitrogens with zero attached hydrogens (tertiary/aromatic N) is 2. The van der Waals surface area contributed by atoms with Gasteiger partial charge in [-0.05, 0) is 43.9 Å². The van der Waals surface area contributed by atoms with Crippen LogP contribution >= 0.6 is 23.1 Å². The second kappa shape index (κ2) is 7.19. The molecule has 3 aromatic rings. The van der Waals surface area contributed by atoms with Crippen molar-refractivity contribution >= 4 is 44.9 Å². The molecule has 3 rings (SSSR count). The minimum absolute atomic E-state index is 0.142. The number of rotatable bonds is 5. The van der Waals surface area contributed by atoms with Gasteiger partial charge in [0.15, 0.2) is 0 Å². The van der Waals surface area contributed by atoms with Crippen LogP contribution in [0.2, 0.25) is 0 Å². The second-order valence-corrected chi connectivity index (χ2v) is 6.91. The lowest BCUT2D eigenvalue weighted by Gasteiger charge is -2.06. The normalized spacial score (nSPS) is 10.8. The first-order valence-corrected chi connectivity index (χ1v) is 9.50. The van der Waals surface area contributed by atoms with Gasteiger partial charge in [-0.15, -0.1) is 23.1 Å². The minimum atomic E-state index is -0.142. The van der Waals surface area contributed by atoms with Crippen molar-refractivity contribution in [2.75, 3.05) is 18.2 Å². The van der Waals surface area contributed by atoms with Gasteiger partial charge in [-0.2, -0.15) is 0 Å². The lowest BCUT2D eigenvalue weighted by molar-refractivity contribution is 0.103. The van der Waals surface area contributed by atoms with E-state index < -0.39 is 0 Å². The molecule has 0 saturated carbocycles. The van der Waals surface area contributed by atoms with Crippen LogP contribution in [0.4, 0.5) is 5.69 Å². The zero-order valence-corrected chi connectivity index (χ0v) is 15.3. The topological polar surface area (TPSA) is 64.1 Å². The summed E-state index contributed by atoms with van der Waals surface area (Å²) in [5.41, 5.74) is 1.62. The van der Waals surface area contributed by atoms with Crippen LogP contribution < -0.4 is 10.1 Å². The number of anilines is 1. The number of carbonyl (C=O) groups excluding carboxylic acids is 1. The molecule has 1 N–H and O–H groups in total. The molecular formula is C17H17N3O2S2. The monoisotopic (exact) mass is 359 g/mol. The van der Waals surface area contributed by atoms with Crippen molar-refractivity contribution < 1.29 is 9.53 Å². The lowest BCUT2D eigenvalue weighted by atomic mass is 10.2. The maximum absolute atomic E-state index is 12.7. The number of amides is 1. The molecule has 0 saturated heterocycles. The van der Waals surface area contributed by atoms with Crippen LogP contribution in [0.15, 0.2) is 35.5 Å². The Morgan fingerprint density at radius 1 is 1.38 bits per heavy atom. The third-order valence-electron chi connectivity index (χ3n) is 3.51. The van der Waals surface area contributed by atoms with Crippen molar-refractivity contribution in [3.05, 3.63) is 41.0 Å². The number of nitrogens with one attached hydrogen (secondary N) is 1. The van der Waals surface area contributed by atoms with Crippen LogP contribution in [-0.4, -0.2) is 28.7 Å². The van der Waals surface area contributed by atoms with Gasteiger partial charge in [-0.1, -0.05) is 6.07 Å². The summed E-state index contributed by atoms with van der Waals surface area (Å²) in [7, 11) is 0. The molecule has 0 radical (unpaired) electrons. The Balaban J connectivity index is 1.95. The highest BCUT2D eigenvalue weighted by Gasteiger charge is 2.20. The predicted molar refractivity (Wildman–Crippen MR) is 99.5 cm³/mol. The predicted octanol–water partition coefficient (Wildman–Crippen LogP) is 4.37. The summed E-state index contributed by atoms with van der Waals surface area (Å²) in [6.45, 7) is 4.32. The summed E-state index contributed by atoms with van der Waals surface area (Å²) in [5.74, 6) is 0.385. The number of aromatic nitrogens is 2. The average molecular weight is 359 g/mol. The number of aryl methyl sites for hydroxylation is 1. The van der Waals surface area contributed by atoms with E-state index in [9.17, 15) is 4.79 Å². The molecular weight excluding hydrogens is 342 g/mol. The van der Waals surface area contributed by atoms with Gasteiger partial charge in [0.2, 0.25) is 5.88 Å². The van der Waals surface area contributed by atoms with Crippen LogP contribution in [0.1, 0.15) is 22.2 Å². The summed E-state index contributed by atoms with van der Waals surface area (Å²) < 4.78 is 5.56. The highest BCUT2D eigenvalue weighted by molar-refractivity contribution is 7.98. The highest BCUT2D eigenvalue weighted by Crippen LogP contribution is 2.34. The third kappa shape index (κ3) is 3.22. The number of thiophene rings is 1. The maximum Gasteiger partial charge on any atom is 0.266 e. The van der Waals surface area contributed by atoms with Gasteiger partial charge in [0.05, 0.1) is 16.9 Å². The number of ether oxygens (including phenoxy) is 1. The Labute approximate surface area is 148 Å². The number of carbonyl (C=O) groups is 1. The zero-order valence-electron chi connectivity index (χ0n) is 13.6. The Bertz CT molecular complexity index is 893. The standard InChI is InChI=1S/C17H17N3O2S2/c1-4-22-16-13-10(2)14(24-17(13)19-9-18-16)15(21)20-11-6-5-7-12(8-11)23-3/h5-9H,4H2,1-3H3,(H,20,21). The molecule has 0 bridgehead atoms. The highest BCUT2D eigenvalue weighted by atomic mass is 32.2. The van der Waals surface area contributed by atoms with Gasteiger partial charge < -0.3 is 10.1 Å². The van der Waals surface area contributed by atoms with Gasteiger partial charge in [0.1, 0.15) is 11.2 Å². The van der Waals surface area contributed by atoms with Crippen molar-refractivity contribution in [2.24, 2.45) is 0 Å². The van der Waals surface area contributed by atoms with Gasteiger partial charge >= 0.3 is 0 Å². The number of hydrogen-bond donors (Lipinski definition) is 1. The van der Waals surface area contributed by atoms with Gasteiger partial charge in [-0.3, -0.25) is 4.79 Å². The van der Waals surface area contributed by atoms with E-state index in [1.165, 1.54) is 17.7 Å². The molecule has 2 aromatic heterocycles. The number of benzene rings is 1. The van der Waals surface area contributed by atoms with Gasteiger partial charge in [0, 0.05) is 10.6 Å². The van der Waals surface area contributed by atoms with Gasteiger partial charge in [-0.25, -0.2) is 9.97 Å². The van der Waals surface area contributed by atoms with Crippen molar-refractivity contribution in [1.29, 1.82) is 0 Å². The van der Waals surface area contributed by atoms with Crippen molar-refractivity contribution in [1.82, 2.24) is 9.97 Å². The zero-order chi connectivity index (χ0) is 17.1. The average Bonchev–Trinajstić information content (AvgIpc) is 2.93. The molecule has 7 heteroatoms. The molecule has 0 aliphatic carbocycles. The van der Waals surface area contributed by atoms with E-state index in [2.05, 4.69) is 15.3 Å². The van der Waals surface area contributed by atoms with Crippen molar-refractivity contribution in [2.45, 2.75) is 18.7 Å². The summed E-state index contributed by atoms with van der Waals surface area (Å²) in [4.78, 5) is 23.6. The van der Waals surface area contributed by atoms with Crippen LogP contribution in [0.25, 0.3) is 10.2 Å². The Morgan fingerprint density at radius 3 is 2.96 bits per heavy atom. The molecule has 0 aliphatic rings. The molecule has 1 amide bonds. The van der Waals surface area contributed by atoms with Crippen LogP contribution in [0.3, 0.4) is 0 Å². The van der Waals surface area contributed by atoms with E-state index in [-0.39, 0.29) is 5.91 Å². The lowest BCUT2D eigenvalue weighted by Crippen LogP contribution is -2.11. The molecule has 0 aliphatic heterocycles. The minimum Gasteiger partial charge on any atom is -0.477 e. The maximum atomic E-state index is 12.7. The quantitative estimate of drug-likeness (QED) is 0.685. The second-order valence-electron chi connectivity index (χ2n) is 5.03. The summed E-state index contributed by atoms with van der Waals surface area (Å²) in [6.07, 6.45) is 3.47. The fourth-order valence-corrected chi connectivity index (χ4v) is 3.88. The van der Waals surface area contributed by atoms with Crippen LogP contribution in [0, 0.1) is 6.92 Å². The van der Waals surface area contributed by atoms with E-state index in [1.807, 2.05) is 44.4 Å². The van der Waals surface area contributed by atoms with Gasteiger partial charge in [0.25, 0.3) is 5.91 Å². The SMILES string of the molecule is CCOc1ncnc2sc(C(=O)Nc3cccc(SC)c3)c(C)c12. The van der Waals surface area contributed by atoms with E-state index >= 15 is 0 Å². The van der Waals surface area contributed by atoms with E-state index in [0.717, 1.165) is 26.4 Å². The molecule has 0 unspecified atom stereocenters. The number of hydrogen-bond acceptors (Lipinski definition) is 6. The first-order chi connectivity index (χ1) is 11.6. The third-order valence-corrected chi connectivity index (χ3v) is 5.43. The Kier molecular flexibility index (Phi) is 5.01. The molecule has 0 atom stereocenters. The fraction of sp³-hybridized carbons (Fsp3) is 0.235. The Morgan fingerprint density at radius 2 is 2.21 bits per heavy atom. The molecule has 0 spiro atoms. The van der Waals surface area contributed by atoms with Crippen LogP contribution in [-0.2, 0) is 0 Å². The summed E-state index contributed by atoms with van der Waals surface area (Å²) in [6, 6.07) is 7.77. The smallest absolute Gasteiger partial charge is 0.266 e. The van der Waals surface area contributed by atoms with E-state index in [4.69, 9.17) is 4.74 Å². The van der Waals surface area contributed by atoms with Crippen LogP contribution in [0.5, 0.6) is 5.88 Å². The molecule has 1 aromatic carbocycles. The van der Waals surface area contributed by atoms with E-state index in [1.54, 1.807) is 11.8 Å². The number of fused-ring (bicyclic) bond motifs is 1. The molecule has 24 heavy (non-hydrogen) atoms. The molecule has 0 fully saturated rings. The Hall–Kier alpha value is -2.12. The van der Waals surface area contributed by atoms with E-state index in [0.29, 0.717) is 17.4 Å². The summed E-state index contributed by atoms with van der Waals surface area (Å²) in [5, 5.41) is 3.77. The largest absolute Gasteiger partial charge is 0.477 e. The van der Waals surface area contributed by atoms with Crippen molar-refractivity contribution in [3.63, 3.8) is 0 Å². The number of thioether (sulfide) groups is 1. The first-order valence-electron chi connectivity index (χ1n) is 7.46. The molecule has 124 valence electrons. The fourth-order valence-electron chi connectivity index (χ4n) is 2.39. The molecule has 5 nitrogen and oxygen atoms in total. The first kappa shape index (κ1) is 16.7.